The van der Waals surface area contributed by atoms with E-state index in [0.717, 1.165) is 23.2 Å². The average molecular weight is 267 g/mol. The number of anilines is 1. The van der Waals surface area contributed by atoms with Crippen molar-refractivity contribution < 1.29 is 4.79 Å². The molecule has 0 saturated carbocycles. The van der Waals surface area contributed by atoms with Crippen LogP contribution in [0.4, 0.5) is 5.69 Å². The normalized spacial score (nSPS) is 10.6. The molecule has 1 N–H and O–H groups in total. The van der Waals surface area contributed by atoms with Gasteiger partial charge in [0.2, 0.25) is 5.91 Å². The molecule has 0 unspecified atom stereocenters. The van der Waals surface area contributed by atoms with Gasteiger partial charge in [-0.15, -0.1) is 0 Å². The molecule has 104 valence electrons. The standard InChI is InChI=1S/C18H21NO/c1-14(2)12-13-18(20)19-17-11-7-6-10-16(17)15-8-4-3-5-9-15/h3-11,14H,12-13H2,1-2H3,(H,19,20). The van der Waals surface area contributed by atoms with Crippen molar-refractivity contribution in [3.8, 4) is 11.1 Å². The van der Waals surface area contributed by atoms with E-state index in [2.05, 4.69) is 31.3 Å². The molecule has 0 spiro atoms. The van der Waals surface area contributed by atoms with Gasteiger partial charge in [-0.3, -0.25) is 4.79 Å². The summed E-state index contributed by atoms with van der Waals surface area (Å²) >= 11 is 0. The van der Waals surface area contributed by atoms with Gasteiger partial charge in [-0.1, -0.05) is 62.4 Å². The van der Waals surface area contributed by atoms with E-state index >= 15 is 0 Å². The summed E-state index contributed by atoms with van der Waals surface area (Å²) in [6.45, 7) is 4.26. The van der Waals surface area contributed by atoms with Crippen LogP contribution in [0.1, 0.15) is 26.7 Å². The molecule has 0 heterocycles. The van der Waals surface area contributed by atoms with Crippen LogP contribution in [0.15, 0.2) is 54.6 Å². The fraction of sp³-hybridized carbons (Fsp3) is 0.278. The van der Waals surface area contributed by atoms with Crippen LogP contribution in [0, 0.1) is 5.92 Å². The third kappa shape index (κ3) is 3.95. The maximum atomic E-state index is 12.0. The highest BCUT2D eigenvalue weighted by Gasteiger charge is 2.08. The van der Waals surface area contributed by atoms with Gasteiger partial charge >= 0.3 is 0 Å². The highest BCUT2D eigenvalue weighted by Crippen LogP contribution is 2.27. The van der Waals surface area contributed by atoms with Crippen molar-refractivity contribution in [2.75, 3.05) is 5.32 Å². The minimum Gasteiger partial charge on any atom is -0.326 e. The molecule has 0 atom stereocenters. The topological polar surface area (TPSA) is 29.1 Å². The summed E-state index contributed by atoms with van der Waals surface area (Å²) in [5, 5.41) is 3.03. The quantitative estimate of drug-likeness (QED) is 0.833. The van der Waals surface area contributed by atoms with Crippen LogP contribution in [0.5, 0.6) is 0 Å². The molecule has 2 aromatic carbocycles. The minimum absolute atomic E-state index is 0.0853. The lowest BCUT2D eigenvalue weighted by atomic mass is 10.0. The van der Waals surface area contributed by atoms with Gasteiger partial charge in [0.25, 0.3) is 0 Å². The van der Waals surface area contributed by atoms with Gasteiger partial charge in [-0.2, -0.15) is 0 Å². The number of benzene rings is 2. The smallest absolute Gasteiger partial charge is 0.224 e. The van der Waals surface area contributed by atoms with Crippen LogP contribution in [-0.4, -0.2) is 5.91 Å². The van der Waals surface area contributed by atoms with Crippen LogP contribution < -0.4 is 5.32 Å². The third-order valence-electron chi connectivity index (χ3n) is 3.23. The maximum absolute atomic E-state index is 12.0. The molecule has 20 heavy (non-hydrogen) atoms. The lowest BCUT2D eigenvalue weighted by molar-refractivity contribution is -0.116. The van der Waals surface area contributed by atoms with Crippen molar-refractivity contribution in [2.24, 2.45) is 5.92 Å². The molecule has 0 bridgehead atoms. The number of hydrogen-bond donors (Lipinski definition) is 1. The largest absolute Gasteiger partial charge is 0.326 e. The number of para-hydroxylation sites is 1. The molecule has 2 heteroatoms. The number of carbonyl (C=O) groups excluding carboxylic acids is 1. The van der Waals surface area contributed by atoms with Gasteiger partial charge in [0, 0.05) is 17.7 Å². The van der Waals surface area contributed by atoms with Crippen molar-refractivity contribution in [1.29, 1.82) is 0 Å². The first-order valence-electron chi connectivity index (χ1n) is 7.11. The highest BCUT2D eigenvalue weighted by molar-refractivity contribution is 5.95. The summed E-state index contributed by atoms with van der Waals surface area (Å²) < 4.78 is 0. The van der Waals surface area contributed by atoms with E-state index in [0.29, 0.717) is 12.3 Å². The molecule has 0 aromatic heterocycles. The van der Waals surface area contributed by atoms with Crippen LogP contribution in [0.25, 0.3) is 11.1 Å². The Morgan fingerprint density at radius 2 is 1.65 bits per heavy atom. The first-order valence-corrected chi connectivity index (χ1v) is 7.11. The Bertz CT molecular complexity index is 561. The Hall–Kier alpha value is -2.09. The van der Waals surface area contributed by atoms with Gasteiger partial charge in [-0.05, 0) is 24.0 Å². The van der Waals surface area contributed by atoms with Gasteiger partial charge < -0.3 is 5.32 Å². The molecule has 0 fully saturated rings. The van der Waals surface area contributed by atoms with E-state index in [1.54, 1.807) is 0 Å². The summed E-state index contributed by atoms with van der Waals surface area (Å²) in [7, 11) is 0. The van der Waals surface area contributed by atoms with E-state index in [1.165, 1.54) is 0 Å². The van der Waals surface area contributed by atoms with E-state index in [1.807, 2.05) is 42.5 Å². The zero-order valence-corrected chi connectivity index (χ0v) is 12.1. The molecule has 0 aliphatic carbocycles. The molecule has 0 aliphatic heterocycles. The molecule has 2 nitrogen and oxygen atoms in total. The Labute approximate surface area is 120 Å². The fourth-order valence-corrected chi connectivity index (χ4v) is 2.09. The number of carbonyl (C=O) groups is 1. The Kier molecular flexibility index (Phi) is 4.94. The van der Waals surface area contributed by atoms with Crippen molar-refractivity contribution in [2.45, 2.75) is 26.7 Å². The molecular weight excluding hydrogens is 246 g/mol. The third-order valence-corrected chi connectivity index (χ3v) is 3.23. The number of amides is 1. The predicted octanol–water partition coefficient (Wildman–Crippen LogP) is 4.73. The second kappa shape index (κ2) is 6.90. The molecule has 1 amide bonds. The predicted molar refractivity (Wildman–Crippen MR) is 84.6 cm³/mol. The van der Waals surface area contributed by atoms with Gasteiger partial charge in [0.1, 0.15) is 0 Å². The monoisotopic (exact) mass is 267 g/mol. The molecule has 2 rings (SSSR count). The SMILES string of the molecule is CC(C)CCC(=O)Nc1ccccc1-c1ccccc1. The maximum Gasteiger partial charge on any atom is 0.224 e. The van der Waals surface area contributed by atoms with E-state index in [4.69, 9.17) is 0 Å². The van der Waals surface area contributed by atoms with E-state index in [9.17, 15) is 4.79 Å². The van der Waals surface area contributed by atoms with Gasteiger partial charge in [0.15, 0.2) is 0 Å². The van der Waals surface area contributed by atoms with E-state index in [-0.39, 0.29) is 5.91 Å². The zero-order chi connectivity index (χ0) is 14.4. The van der Waals surface area contributed by atoms with Crippen LogP contribution >= 0.6 is 0 Å². The highest BCUT2D eigenvalue weighted by atomic mass is 16.1. The first kappa shape index (κ1) is 14.3. The van der Waals surface area contributed by atoms with Crippen molar-refractivity contribution in [3.05, 3.63) is 54.6 Å². The van der Waals surface area contributed by atoms with Crippen LogP contribution in [-0.2, 0) is 4.79 Å². The Morgan fingerprint density at radius 3 is 2.35 bits per heavy atom. The average Bonchev–Trinajstić information content (AvgIpc) is 2.47. The summed E-state index contributed by atoms with van der Waals surface area (Å²) in [5.74, 6) is 0.632. The minimum atomic E-state index is 0.0853. The summed E-state index contributed by atoms with van der Waals surface area (Å²) in [4.78, 5) is 12.0. The second-order valence-corrected chi connectivity index (χ2v) is 5.39. The first-order chi connectivity index (χ1) is 9.66. The zero-order valence-electron chi connectivity index (χ0n) is 12.1. The molecular formula is C18H21NO. The molecule has 0 aliphatic rings. The van der Waals surface area contributed by atoms with Crippen molar-refractivity contribution in [3.63, 3.8) is 0 Å². The molecule has 0 radical (unpaired) electrons. The van der Waals surface area contributed by atoms with Crippen molar-refractivity contribution >= 4 is 11.6 Å². The summed E-state index contributed by atoms with van der Waals surface area (Å²) in [6, 6.07) is 18.0. The van der Waals surface area contributed by atoms with Gasteiger partial charge in [-0.25, -0.2) is 0 Å². The Morgan fingerprint density at radius 1 is 1.00 bits per heavy atom. The molecule has 0 saturated heterocycles. The van der Waals surface area contributed by atoms with E-state index < -0.39 is 0 Å². The van der Waals surface area contributed by atoms with Crippen molar-refractivity contribution in [1.82, 2.24) is 0 Å². The fourth-order valence-electron chi connectivity index (χ4n) is 2.09. The number of rotatable bonds is 5. The summed E-state index contributed by atoms with van der Waals surface area (Å²) in [5.41, 5.74) is 3.06. The second-order valence-electron chi connectivity index (χ2n) is 5.39. The number of nitrogens with one attached hydrogen (secondary N) is 1. The Balaban J connectivity index is 2.15. The lowest BCUT2D eigenvalue weighted by Gasteiger charge is -2.12. The number of hydrogen-bond acceptors (Lipinski definition) is 1. The van der Waals surface area contributed by atoms with Crippen LogP contribution in [0.3, 0.4) is 0 Å². The van der Waals surface area contributed by atoms with Gasteiger partial charge in [0.05, 0.1) is 0 Å². The molecule has 2 aromatic rings. The van der Waals surface area contributed by atoms with Crippen LogP contribution in [0.2, 0.25) is 0 Å². The summed E-state index contributed by atoms with van der Waals surface area (Å²) in [6.07, 6.45) is 1.49. The lowest BCUT2D eigenvalue weighted by Crippen LogP contribution is -2.12.